The molecular formula is C45H71NO13. The molecule has 334 valence electrons. The van der Waals surface area contributed by atoms with Crippen molar-refractivity contribution in [2.75, 3.05) is 13.2 Å². The lowest BCUT2D eigenvalue weighted by Gasteiger charge is -2.71. The van der Waals surface area contributed by atoms with E-state index in [1.165, 1.54) is 5.57 Å². The number of nitrogens with two attached hydrogens (primary N) is 1. The van der Waals surface area contributed by atoms with Gasteiger partial charge in [-0.1, -0.05) is 60.1 Å². The number of rotatable bonds is 10. The number of hydrogen-bond acceptors (Lipinski definition) is 13. The van der Waals surface area contributed by atoms with Gasteiger partial charge in [0.1, 0.15) is 36.5 Å². The van der Waals surface area contributed by atoms with Gasteiger partial charge < -0.3 is 60.1 Å². The maximum Gasteiger partial charge on any atom is 0.335 e. The highest BCUT2D eigenvalue weighted by Crippen LogP contribution is 2.76. The van der Waals surface area contributed by atoms with Crippen LogP contribution in [0.3, 0.4) is 0 Å². The van der Waals surface area contributed by atoms with Crippen LogP contribution >= 0.6 is 0 Å². The number of aliphatic hydroxyl groups is 5. The maximum absolute atomic E-state index is 14.2. The molecule has 5 aliphatic carbocycles. The number of aliphatic hydroxyl groups excluding tert-OH is 5. The van der Waals surface area contributed by atoms with Crippen LogP contribution in [0.25, 0.3) is 0 Å². The summed E-state index contributed by atoms with van der Waals surface area (Å²) < 4.78 is 24.0. The third kappa shape index (κ3) is 6.84. The summed E-state index contributed by atoms with van der Waals surface area (Å²) in [6.45, 7) is 15.3. The quantitative estimate of drug-likeness (QED) is 0.0952. The summed E-state index contributed by atoms with van der Waals surface area (Å²) in [4.78, 5) is 40.2. The van der Waals surface area contributed by atoms with Crippen LogP contribution in [-0.2, 0) is 33.3 Å². The Labute approximate surface area is 348 Å². The summed E-state index contributed by atoms with van der Waals surface area (Å²) in [7, 11) is 0. The Morgan fingerprint density at radius 3 is 2.27 bits per heavy atom. The molecule has 2 heterocycles. The predicted octanol–water partition coefficient (Wildman–Crippen LogP) is 3.26. The lowest BCUT2D eigenvalue weighted by Crippen LogP contribution is -2.68. The molecule has 8 N–H and O–H groups in total. The topological polar surface area (TPSA) is 236 Å². The fourth-order valence-electron chi connectivity index (χ4n) is 14.2. The van der Waals surface area contributed by atoms with Crippen LogP contribution in [0, 0.1) is 56.2 Å². The monoisotopic (exact) mass is 833 g/mol. The zero-order valence-electron chi connectivity index (χ0n) is 36.0. The zero-order valence-corrected chi connectivity index (χ0v) is 36.0. The fourth-order valence-corrected chi connectivity index (χ4v) is 14.2. The molecule has 14 heteroatoms. The first-order valence-corrected chi connectivity index (χ1v) is 22.2. The molecule has 0 spiro atoms. The third-order valence-electron chi connectivity index (χ3n) is 17.9. The van der Waals surface area contributed by atoms with Gasteiger partial charge in [0.05, 0.1) is 35.7 Å². The molecule has 2 aliphatic heterocycles. The molecule has 7 unspecified atom stereocenters. The summed E-state index contributed by atoms with van der Waals surface area (Å²) in [6, 6.07) is 0. The third-order valence-corrected chi connectivity index (χ3v) is 17.9. The average molecular weight is 834 g/mol. The molecule has 19 atom stereocenters. The summed E-state index contributed by atoms with van der Waals surface area (Å²) >= 11 is 0. The first-order valence-electron chi connectivity index (χ1n) is 22.2. The number of Topliss-reactive ketones (excluding diaryl/α,β-unsaturated/α-hetero) is 1. The lowest BCUT2D eigenvalue weighted by molar-refractivity contribution is -0.345. The van der Waals surface area contributed by atoms with Crippen molar-refractivity contribution in [3.63, 3.8) is 0 Å². The van der Waals surface area contributed by atoms with Crippen LogP contribution in [-0.4, -0.2) is 123 Å². The number of aliphatic carboxylic acids is 1. The molecule has 7 aliphatic rings. The minimum atomic E-state index is -1.76. The molecular weight excluding hydrogens is 762 g/mol. The molecule has 2 saturated heterocycles. The van der Waals surface area contributed by atoms with Crippen molar-refractivity contribution in [1.29, 1.82) is 0 Å². The number of hydrogen-bond donors (Lipinski definition) is 7. The summed E-state index contributed by atoms with van der Waals surface area (Å²) in [6.07, 6.45) is -2.60. The second-order valence-electron chi connectivity index (χ2n) is 21.4. The highest BCUT2D eigenvalue weighted by Gasteiger charge is 2.71. The van der Waals surface area contributed by atoms with E-state index in [9.17, 15) is 45.0 Å². The van der Waals surface area contributed by atoms with E-state index in [1.807, 2.05) is 6.92 Å². The number of allylic oxidation sites excluding steroid dienone is 2. The maximum atomic E-state index is 14.2. The van der Waals surface area contributed by atoms with E-state index < -0.39 is 84.1 Å². The van der Waals surface area contributed by atoms with Gasteiger partial charge in [-0.15, -0.1) is 0 Å². The smallest absolute Gasteiger partial charge is 0.335 e. The molecule has 0 aromatic rings. The molecule has 14 nitrogen and oxygen atoms in total. The summed E-state index contributed by atoms with van der Waals surface area (Å²) in [5.41, 5.74) is 4.51. The Morgan fingerprint density at radius 1 is 0.898 bits per heavy atom. The van der Waals surface area contributed by atoms with E-state index in [0.29, 0.717) is 38.6 Å². The summed E-state index contributed by atoms with van der Waals surface area (Å²) in [5.74, 6) is -2.10. The second-order valence-corrected chi connectivity index (χ2v) is 21.4. The van der Waals surface area contributed by atoms with Gasteiger partial charge >= 0.3 is 5.97 Å². The van der Waals surface area contributed by atoms with Gasteiger partial charge in [0.2, 0.25) is 0 Å². The first kappa shape index (κ1) is 45.2. The van der Waals surface area contributed by atoms with Crippen molar-refractivity contribution in [2.45, 2.75) is 181 Å². The van der Waals surface area contributed by atoms with Crippen LogP contribution in [0.2, 0.25) is 0 Å². The largest absolute Gasteiger partial charge is 0.479 e. The standard InChI is InChI=1S/C45H71NO13/c1-23-35(58-39-33(52)32(51)26(48)21-56-39)34(53)36(37(54)55)59-38(23)57-31-13-14-41(4)27(42(31,5)22-47)12-15-43(6)28(41)11-10-24-25-19-40(2,3)16-17-45(25,29(49)9-8-18-46)30(50)20-44(24,43)7/h10,22-23,25-28,30-36,38-39,48,50-53H,8-9,11-21,46H2,1-7H3,(H,54,55)/t23-,25?,26+,27+,28?,30-,31-,32-,33-,34-,35+,36?,38?,39?,41?,42+,43-,44+,45?/m0/s1. The second kappa shape index (κ2) is 15.7. The van der Waals surface area contributed by atoms with E-state index in [0.717, 1.165) is 44.8 Å². The SMILES string of the molecule is C[C@@H]1C(O[C@H]2CCC3(C)C4CC=C5C6CC(C)(C)CCC6(C(=O)CCCN)[C@@H](O)C[C@@]5(C)[C@@]4(C)CC[C@H]3[C@@]2(C)C=O)OC(C(=O)O)[C@@H](O)[C@@H]1OC1OC[C@@H](O)[C@H](O)[C@@H]1O. The highest BCUT2D eigenvalue weighted by atomic mass is 16.7. The molecule has 0 amide bonds. The van der Waals surface area contributed by atoms with Gasteiger partial charge in [-0.25, -0.2) is 4.79 Å². The van der Waals surface area contributed by atoms with Gasteiger partial charge in [0.15, 0.2) is 18.7 Å². The highest BCUT2D eigenvalue weighted by molar-refractivity contribution is 5.87. The molecule has 0 aromatic heterocycles. The molecule has 6 fully saturated rings. The van der Waals surface area contributed by atoms with E-state index in [4.69, 9.17) is 24.7 Å². The molecule has 0 radical (unpaired) electrons. The molecule has 0 bridgehead atoms. The van der Waals surface area contributed by atoms with Gasteiger partial charge in [-0.05, 0) is 110 Å². The number of ether oxygens (including phenoxy) is 4. The van der Waals surface area contributed by atoms with Crippen molar-refractivity contribution >= 4 is 18.0 Å². The molecule has 0 aromatic carbocycles. The Bertz CT molecular complexity index is 1660. The lowest BCUT2D eigenvalue weighted by atomic mass is 9.33. The molecule has 4 saturated carbocycles. The number of carbonyl (C=O) groups is 3. The van der Waals surface area contributed by atoms with Gasteiger partial charge in [0, 0.05) is 12.3 Å². The predicted molar refractivity (Wildman–Crippen MR) is 213 cm³/mol. The van der Waals surface area contributed by atoms with Gasteiger partial charge in [-0.2, -0.15) is 0 Å². The fraction of sp³-hybridized carbons (Fsp3) is 0.889. The minimum Gasteiger partial charge on any atom is -0.479 e. The number of carbonyl (C=O) groups excluding carboxylic acids is 2. The number of carboxylic acid groups (broad SMARTS) is 1. The van der Waals surface area contributed by atoms with E-state index >= 15 is 0 Å². The Hall–Kier alpha value is -1.85. The number of aldehydes is 1. The van der Waals surface area contributed by atoms with Crippen LogP contribution in [0.1, 0.15) is 119 Å². The minimum absolute atomic E-state index is 0.0257. The van der Waals surface area contributed by atoms with Crippen LogP contribution < -0.4 is 5.73 Å². The van der Waals surface area contributed by atoms with Crippen molar-refractivity contribution < 1.29 is 64.0 Å². The normalized spacial score (nSPS) is 51.8. The number of ketones is 1. The van der Waals surface area contributed by atoms with Gasteiger partial charge in [-0.3, -0.25) is 4.79 Å². The zero-order chi connectivity index (χ0) is 43.2. The van der Waals surface area contributed by atoms with Crippen LogP contribution in [0.15, 0.2) is 11.6 Å². The molecule has 7 rings (SSSR count). The average Bonchev–Trinajstić information content (AvgIpc) is 3.17. The van der Waals surface area contributed by atoms with E-state index in [-0.39, 0.29) is 51.8 Å². The van der Waals surface area contributed by atoms with E-state index in [2.05, 4.69) is 40.7 Å². The number of fused-ring (bicyclic) bond motifs is 7. The Morgan fingerprint density at radius 2 is 1.61 bits per heavy atom. The van der Waals surface area contributed by atoms with Crippen LogP contribution in [0.5, 0.6) is 0 Å². The Kier molecular flexibility index (Phi) is 12.1. The van der Waals surface area contributed by atoms with Gasteiger partial charge in [0.25, 0.3) is 0 Å². The van der Waals surface area contributed by atoms with Crippen molar-refractivity contribution in [3.05, 3.63) is 11.6 Å². The molecule has 59 heavy (non-hydrogen) atoms. The van der Waals surface area contributed by atoms with Crippen LogP contribution in [0.4, 0.5) is 0 Å². The first-order chi connectivity index (χ1) is 27.6. The summed E-state index contributed by atoms with van der Waals surface area (Å²) in [5, 5.41) is 64.4. The number of carboxylic acids is 1. The van der Waals surface area contributed by atoms with Crippen molar-refractivity contribution in [1.82, 2.24) is 0 Å². The van der Waals surface area contributed by atoms with Crippen molar-refractivity contribution in [3.8, 4) is 0 Å². The Balaban J connectivity index is 1.16. The van der Waals surface area contributed by atoms with Crippen molar-refractivity contribution in [2.24, 2.45) is 61.9 Å². The van der Waals surface area contributed by atoms with E-state index in [1.54, 1.807) is 6.92 Å².